The fourth-order valence-corrected chi connectivity index (χ4v) is 2.77. The molecule has 0 bridgehead atoms. The monoisotopic (exact) mass is 376 g/mol. The summed E-state index contributed by atoms with van der Waals surface area (Å²) in [5.74, 6) is 0.999. The first-order valence-electron chi connectivity index (χ1n) is 9.28. The number of aromatic nitrogens is 1. The van der Waals surface area contributed by atoms with Gasteiger partial charge in [-0.15, -0.1) is 0 Å². The summed E-state index contributed by atoms with van der Waals surface area (Å²) < 4.78 is 11.5. The molecule has 0 aliphatic carbocycles. The number of rotatable bonds is 8. The van der Waals surface area contributed by atoms with Crippen molar-refractivity contribution in [2.45, 2.75) is 27.0 Å². The first-order chi connectivity index (χ1) is 13.7. The van der Waals surface area contributed by atoms with Gasteiger partial charge < -0.3 is 14.8 Å². The molecule has 1 heterocycles. The number of carbonyl (C=O) groups excluding carboxylic acids is 1. The van der Waals surface area contributed by atoms with E-state index in [4.69, 9.17) is 9.47 Å². The van der Waals surface area contributed by atoms with Crippen molar-refractivity contribution in [1.82, 2.24) is 10.3 Å². The van der Waals surface area contributed by atoms with E-state index in [1.807, 2.05) is 50.2 Å². The van der Waals surface area contributed by atoms with Gasteiger partial charge in [0.25, 0.3) is 5.91 Å². The van der Waals surface area contributed by atoms with E-state index >= 15 is 0 Å². The van der Waals surface area contributed by atoms with Gasteiger partial charge in [0, 0.05) is 30.1 Å². The minimum atomic E-state index is -0.150. The molecule has 144 valence electrons. The Hall–Kier alpha value is -3.34. The van der Waals surface area contributed by atoms with Gasteiger partial charge >= 0.3 is 0 Å². The van der Waals surface area contributed by atoms with Crippen LogP contribution in [0.5, 0.6) is 11.5 Å². The van der Waals surface area contributed by atoms with E-state index in [9.17, 15) is 4.79 Å². The van der Waals surface area contributed by atoms with Crippen molar-refractivity contribution in [3.63, 3.8) is 0 Å². The van der Waals surface area contributed by atoms with Crippen LogP contribution in [0.3, 0.4) is 0 Å². The zero-order valence-electron chi connectivity index (χ0n) is 16.1. The van der Waals surface area contributed by atoms with E-state index in [1.54, 1.807) is 30.6 Å². The average Bonchev–Trinajstić information content (AvgIpc) is 2.73. The van der Waals surface area contributed by atoms with Crippen molar-refractivity contribution in [1.29, 1.82) is 0 Å². The minimum Gasteiger partial charge on any atom is -0.490 e. The number of carbonyl (C=O) groups is 1. The predicted molar refractivity (Wildman–Crippen MR) is 109 cm³/mol. The number of amides is 1. The Morgan fingerprint density at radius 1 is 1.04 bits per heavy atom. The lowest BCUT2D eigenvalue weighted by atomic mass is 10.1. The summed E-state index contributed by atoms with van der Waals surface area (Å²) in [4.78, 5) is 16.6. The molecule has 0 fully saturated rings. The van der Waals surface area contributed by atoms with Crippen molar-refractivity contribution in [3.05, 3.63) is 89.2 Å². The van der Waals surface area contributed by atoms with Crippen LogP contribution in [0.2, 0.25) is 0 Å². The molecule has 5 nitrogen and oxygen atoms in total. The highest BCUT2D eigenvalue weighted by Crippen LogP contribution is 2.29. The summed E-state index contributed by atoms with van der Waals surface area (Å²) in [5, 5.41) is 2.96. The second kappa shape index (κ2) is 9.55. The summed E-state index contributed by atoms with van der Waals surface area (Å²) in [5.41, 5.74) is 3.74. The van der Waals surface area contributed by atoms with Crippen molar-refractivity contribution >= 4 is 5.91 Å². The number of hydrogen-bond acceptors (Lipinski definition) is 4. The van der Waals surface area contributed by atoms with E-state index in [-0.39, 0.29) is 5.91 Å². The van der Waals surface area contributed by atoms with Gasteiger partial charge in [0.2, 0.25) is 0 Å². The van der Waals surface area contributed by atoms with Crippen molar-refractivity contribution in [2.24, 2.45) is 0 Å². The summed E-state index contributed by atoms with van der Waals surface area (Å²) in [6, 6.07) is 17.0. The molecule has 0 spiro atoms. The fourth-order valence-electron chi connectivity index (χ4n) is 2.77. The highest BCUT2D eigenvalue weighted by atomic mass is 16.5. The average molecular weight is 376 g/mol. The minimum absolute atomic E-state index is 0.150. The van der Waals surface area contributed by atoms with Crippen LogP contribution in [0.4, 0.5) is 0 Å². The summed E-state index contributed by atoms with van der Waals surface area (Å²) in [6.45, 7) is 5.28. The summed E-state index contributed by atoms with van der Waals surface area (Å²) in [6.07, 6.45) is 3.48. The number of nitrogens with zero attached hydrogens (tertiary/aromatic N) is 1. The van der Waals surface area contributed by atoms with E-state index in [0.29, 0.717) is 36.8 Å². The number of pyridine rings is 1. The van der Waals surface area contributed by atoms with E-state index < -0.39 is 0 Å². The van der Waals surface area contributed by atoms with Crippen LogP contribution in [0.1, 0.15) is 34.0 Å². The molecular weight excluding hydrogens is 352 g/mol. The van der Waals surface area contributed by atoms with Crippen LogP contribution in [0.25, 0.3) is 0 Å². The van der Waals surface area contributed by atoms with Gasteiger partial charge in [0.1, 0.15) is 6.61 Å². The molecule has 0 atom stereocenters. The van der Waals surface area contributed by atoms with Crippen LogP contribution >= 0.6 is 0 Å². The molecule has 1 amide bonds. The van der Waals surface area contributed by atoms with Crippen LogP contribution in [0.15, 0.2) is 67.0 Å². The van der Waals surface area contributed by atoms with Gasteiger partial charge in [-0.3, -0.25) is 9.78 Å². The van der Waals surface area contributed by atoms with Gasteiger partial charge in [0.05, 0.1) is 6.61 Å². The number of benzene rings is 2. The molecule has 0 unspecified atom stereocenters. The number of ether oxygens (including phenoxy) is 2. The normalized spacial score (nSPS) is 10.4. The van der Waals surface area contributed by atoms with Crippen molar-refractivity contribution in [2.75, 3.05) is 6.61 Å². The zero-order valence-corrected chi connectivity index (χ0v) is 16.1. The van der Waals surface area contributed by atoms with Crippen LogP contribution < -0.4 is 14.8 Å². The fraction of sp³-hybridized carbons (Fsp3) is 0.217. The lowest BCUT2D eigenvalue weighted by Gasteiger charge is -2.14. The van der Waals surface area contributed by atoms with Crippen molar-refractivity contribution in [3.8, 4) is 11.5 Å². The third-order valence-corrected chi connectivity index (χ3v) is 4.32. The Kier molecular flexibility index (Phi) is 6.63. The smallest absolute Gasteiger partial charge is 0.251 e. The van der Waals surface area contributed by atoms with Gasteiger partial charge in [-0.25, -0.2) is 0 Å². The third-order valence-electron chi connectivity index (χ3n) is 4.32. The van der Waals surface area contributed by atoms with Gasteiger partial charge in [-0.2, -0.15) is 0 Å². The third kappa shape index (κ3) is 5.10. The maximum Gasteiger partial charge on any atom is 0.251 e. The molecule has 0 aliphatic rings. The second-order valence-corrected chi connectivity index (χ2v) is 6.35. The van der Waals surface area contributed by atoms with E-state index in [2.05, 4.69) is 10.3 Å². The standard InChI is InChI=1S/C23H24N2O3/c1-3-27-22-13-19(23(26)25-15-20-9-5-4-7-17(20)2)10-11-21(22)28-16-18-8-6-12-24-14-18/h4-14H,3,15-16H2,1-2H3,(H,25,26). The van der Waals surface area contributed by atoms with Crippen LogP contribution in [-0.2, 0) is 13.2 Å². The van der Waals surface area contributed by atoms with Gasteiger partial charge in [-0.05, 0) is 49.2 Å². The number of nitrogens with one attached hydrogen (secondary N) is 1. The van der Waals surface area contributed by atoms with E-state index in [0.717, 1.165) is 16.7 Å². The molecule has 1 aromatic heterocycles. The Labute approximate surface area is 165 Å². The van der Waals surface area contributed by atoms with E-state index in [1.165, 1.54) is 0 Å². The summed E-state index contributed by atoms with van der Waals surface area (Å²) in [7, 11) is 0. The maximum atomic E-state index is 12.6. The number of hydrogen-bond donors (Lipinski definition) is 1. The van der Waals surface area contributed by atoms with Crippen molar-refractivity contribution < 1.29 is 14.3 Å². The number of aryl methyl sites for hydroxylation is 1. The Morgan fingerprint density at radius 2 is 1.89 bits per heavy atom. The quantitative estimate of drug-likeness (QED) is 0.637. The summed E-state index contributed by atoms with van der Waals surface area (Å²) >= 11 is 0. The molecule has 0 saturated heterocycles. The Bertz CT molecular complexity index is 926. The Morgan fingerprint density at radius 3 is 2.64 bits per heavy atom. The second-order valence-electron chi connectivity index (χ2n) is 6.35. The molecule has 3 rings (SSSR count). The SMILES string of the molecule is CCOc1cc(C(=O)NCc2ccccc2C)ccc1OCc1cccnc1. The molecule has 5 heteroatoms. The van der Waals surface area contributed by atoms with Crippen LogP contribution in [-0.4, -0.2) is 17.5 Å². The molecule has 0 radical (unpaired) electrons. The zero-order chi connectivity index (χ0) is 19.8. The van der Waals surface area contributed by atoms with Crippen LogP contribution in [0, 0.1) is 6.92 Å². The topological polar surface area (TPSA) is 60.5 Å². The highest BCUT2D eigenvalue weighted by molar-refractivity contribution is 5.94. The molecule has 0 saturated carbocycles. The molecule has 28 heavy (non-hydrogen) atoms. The maximum absolute atomic E-state index is 12.6. The molecular formula is C23H24N2O3. The van der Waals surface area contributed by atoms with Gasteiger partial charge in [0.15, 0.2) is 11.5 Å². The lowest BCUT2D eigenvalue weighted by Crippen LogP contribution is -2.23. The molecule has 1 N–H and O–H groups in total. The predicted octanol–water partition coefficient (Wildman–Crippen LogP) is 4.30. The molecule has 0 aliphatic heterocycles. The molecule has 3 aromatic rings. The largest absolute Gasteiger partial charge is 0.490 e. The molecule has 2 aromatic carbocycles. The Balaban J connectivity index is 1.68. The highest BCUT2D eigenvalue weighted by Gasteiger charge is 2.12. The first kappa shape index (κ1) is 19.4. The first-order valence-corrected chi connectivity index (χ1v) is 9.28. The lowest BCUT2D eigenvalue weighted by molar-refractivity contribution is 0.0950. The van der Waals surface area contributed by atoms with Gasteiger partial charge in [-0.1, -0.05) is 30.3 Å².